The number of rotatable bonds is 12. The summed E-state index contributed by atoms with van der Waals surface area (Å²) in [5.74, 6) is 1.69. The molecule has 6 rings (SSSR count). The molecule has 1 saturated carbocycles. The summed E-state index contributed by atoms with van der Waals surface area (Å²) in [4.78, 5) is 43.9. The van der Waals surface area contributed by atoms with Crippen molar-refractivity contribution >= 4 is 17.7 Å². The zero-order valence-corrected chi connectivity index (χ0v) is 26.2. The van der Waals surface area contributed by atoms with Crippen LogP contribution in [0.3, 0.4) is 0 Å². The smallest absolute Gasteiger partial charge is 0.251 e. The van der Waals surface area contributed by atoms with Gasteiger partial charge in [0.1, 0.15) is 23.1 Å². The highest BCUT2D eigenvalue weighted by Crippen LogP contribution is 2.36. The van der Waals surface area contributed by atoms with E-state index in [0.717, 1.165) is 50.1 Å². The molecule has 0 radical (unpaired) electrons. The molecule has 3 amide bonds. The number of allylic oxidation sites excluding steroid dienone is 2. The lowest BCUT2D eigenvalue weighted by Crippen LogP contribution is -2.75. The fourth-order valence-corrected chi connectivity index (χ4v) is 6.87. The average Bonchev–Trinajstić information content (AvgIpc) is 3.73. The first-order chi connectivity index (χ1) is 21.9. The number of amides is 3. The van der Waals surface area contributed by atoms with E-state index in [1.54, 1.807) is 12.1 Å². The molecule has 4 aliphatic rings. The molecule has 2 aromatic rings. The van der Waals surface area contributed by atoms with Gasteiger partial charge in [-0.05, 0) is 98.7 Å². The number of aliphatic hydroxyl groups excluding tert-OH is 1. The Hall–Kier alpha value is -3.69. The van der Waals surface area contributed by atoms with Crippen LogP contribution in [-0.4, -0.2) is 76.5 Å². The summed E-state index contributed by atoms with van der Waals surface area (Å²) in [6, 6.07) is 14.3. The molecule has 0 bridgehead atoms. The van der Waals surface area contributed by atoms with Crippen LogP contribution in [0.15, 0.2) is 60.7 Å². The zero-order valence-electron chi connectivity index (χ0n) is 26.2. The Labute approximate surface area is 266 Å². The van der Waals surface area contributed by atoms with E-state index < -0.39 is 17.7 Å². The Kier molecular flexibility index (Phi) is 9.56. The van der Waals surface area contributed by atoms with Crippen LogP contribution in [0.5, 0.6) is 11.5 Å². The van der Waals surface area contributed by atoms with Gasteiger partial charge < -0.3 is 25.4 Å². The minimum absolute atomic E-state index is 0.0324. The predicted molar refractivity (Wildman–Crippen MR) is 172 cm³/mol. The maximum atomic E-state index is 13.8. The van der Waals surface area contributed by atoms with Crippen LogP contribution in [-0.2, 0) is 16.1 Å². The fourth-order valence-electron chi connectivity index (χ4n) is 6.87. The molecule has 2 heterocycles. The number of hydrogen-bond acceptors (Lipinski definition) is 6. The van der Waals surface area contributed by atoms with Crippen molar-refractivity contribution in [1.82, 2.24) is 20.4 Å². The minimum Gasteiger partial charge on any atom is -0.457 e. The van der Waals surface area contributed by atoms with Gasteiger partial charge in [0, 0.05) is 38.3 Å². The van der Waals surface area contributed by atoms with Gasteiger partial charge in [-0.3, -0.25) is 19.3 Å². The molecule has 3 fully saturated rings. The van der Waals surface area contributed by atoms with Gasteiger partial charge >= 0.3 is 0 Å². The van der Waals surface area contributed by atoms with Crippen molar-refractivity contribution in [2.45, 2.75) is 82.5 Å². The standard InChI is InChI=1S/C36H46N4O5/c1-2-3-20-40-34(43)31(32(41)27-6-4-5-7-27)38-35(44)36(40)18-21-39(22-19-36)24-26-10-14-29(15-11-26)45-30-16-12-28(13-17-30)33(42)37-23-25-8-9-25/h4-5,10-17,25,27,31-32,41H,2-3,6-9,18-24H2,1H3,(H,37,42)(H,38,44)/t31-,32-/m1/s1. The lowest BCUT2D eigenvalue weighted by Gasteiger charge is -2.52. The largest absolute Gasteiger partial charge is 0.457 e. The zero-order chi connectivity index (χ0) is 31.4. The monoisotopic (exact) mass is 614 g/mol. The molecule has 2 atom stereocenters. The topological polar surface area (TPSA) is 111 Å². The van der Waals surface area contributed by atoms with Crippen molar-refractivity contribution in [3.8, 4) is 11.5 Å². The van der Waals surface area contributed by atoms with Crippen LogP contribution in [0.1, 0.15) is 74.2 Å². The highest BCUT2D eigenvalue weighted by molar-refractivity contribution is 6.00. The second-order valence-corrected chi connectivity index (χ2v) is 13.2. The third kappa shape index (κ3) is 7.10. The molecular weight excluding hydrogens is 568 g/mol. The average molecular weight is 615 g/mol. The predicted octanol–water partition coefficient (Wildman–Crippen LogP) is 4.41. The number of unbranched alkanes of at least 4 members (excludes halogenated alkanes) is 1. The van der Waals surface area contributed by atoms with E-state index in [-0.39, 0.29) is 23.6 Å². The highest BCUT2D eigenvalue weighted by Gasteiger charge is 2.55. The number of ether oxygens (including phenoxy) is 1. The fraction of sp³-hybridized carbons (Fsp3) is 0.528. The molecule has 0 unspecified atom stereocenters. The summed E-state index contributed by atoms with van der Waals surface area (Å²) in [5, 5.41) is 17.0. The second kappa shape index (κ2) is 13.7. The second-order valence-electron chi connectivity index (χ2n) is 13.2. The SMILES string of the molecule is CCCCN1C(=O)[C@@H]([C@H](O)C2CC=CC2)NC(=O)C12CCN(Cc1ccc(Oc3ccc(C(=O)NCC4CC4)cc3)cc1)CC2. The van der Waals surface area contributed by atoms with E-state index in [1.165, 1.54) is 12.8 Å². The molecular formula is C36H46N4O5. The number of benzene rings is 2. The number of nitrogens with one attached hydrogen (secondary N) is 2. The maximum absolute atomic E-state index is 13.8. The first-order valence-electron chi connectivity index (χ1n) is 16.7. The molecule has 2 aliphatic heterocycles. The molecule has 9 nitrogen and oxygen atoms in total. The summed E-state index contributed by atoms with van der Waals surface area (Å²) < 4.78 is 6.02. The molecule has 3 N–H and O–H groups in total. The maximum Gasteiger partial charge on any atom is 0.251 e. The minimum atomic E-state index is -0.882. The number of piperidine rings is 1. The van der Waals surface area contributed by atoms with Gasteiger partial charge in [-0.1, -0.05) is 37.6 Å². The van der Waals surface area contributed by atoms with E-state index in [1.807, 2.05) is 53.5 Å². The lowest BCUT2D eigenvalue weighted by atomic mass is 9.79. The van der Waals surface area contributed by atoms with Gasteiger partial charge in [0.2, 0.25) is 11.8 Å². The Balaban J connectivity index is 1.03. The number of hydrogen-bond donors (Lipinski definition) is 3. The van der Waals surface area contributed by atoms with Crippen molar-refractivity contribution in [3.63, 3.8) is 0 Å². The Morgan fingerprint density at radius 2 is 1.67 bits per heavy atom. The highest BCUT2D eigenvalue weighted by atomic mass is 16.5. The molecule has 9 heteroatoms. The molecule has 45 heavy (non-hydrogen) atoms. The molecule has 1 spiro atoms. The van der Waals surface area contributed by atoms with Crippen LogP contribution < -0.4 is 15.4 Å². The molecule has 0 aromatic heterocycles. The summed E-state index contributed by atoms with van der Waals surface area (Å²) in [6.45, 7) is 5.50. The van der Waals surface area contributed by atoms with Crippen LogP contribution in [0.25, 0.3) is 0 Å². The van der Waals surface area contributed by atoms with E-state index in [9.17, 15) is 19.5 Å². The van der Waals surface area contributed by atoms with Gasteiger partial charge in [-0.15, -0.1) is 0 Å². The molecule has 240 valence electrons. The number of carbonyl (C=O) groups is 3. The van der Waals surface area contributed by atoms with Gasteiger partial charge in [-0.25, -0.2) is 0 Å². The van der Waals surface area contributed by atoms with Crippen molar-refractivity contribution in [2.75, 3.05) is 26.2 Å². The van der Waals surface area contributed by atoms with Crippen molar-refractivity contribution < 1.29 is 24.2 Å². The Bertz CT molecular complexity index is 1370. The lowest BCUT2D eigenvalue weighted by molar-refractivity contribution is -0.165. The third-order valence-electron chi connectivity index (χ3n) is 9.98. The van der Waals surface area contributed by atoms with E-state index >= 15 is 0 Å². The van der Waals surface area contributed by atoms with Gasteiger partial charge in [0.25, 0.3) is 5.91 Å². The number of piperazine rings is 1. The van der Waals surface area contributed by atoms with Crippen LogP contribution >= 0.6 is 0 Å². The van der Waals surface area contributed by atoms with Crippen LogP contribution in [0.4, 0.5) is 0 Å². The summed E-state index contributed by atoms with van der Waals surface area (Å²) >= 11 is 0. The van der Waals surface area contributed by atoms with Crippen molar-refractivity contribution in [1.29, 1.82) is 0 Å². The Morgan fingerprint density at radius 3 is 2.29 bits per heavy atom. The number of carbonyl (C=O) groups excluding carboxylic acids is 3. The number of nitrogens with zero attached hydrogens (tertiary/aromatic N) is 2. The first-order valence-corrected chi connectivity index (χ1v) is 16.7. The van der Waals surface area contributed by atoms with Gasteiger partial charge in [0.05, 0.1) is 6.10 Å². The van der Waals surface area contributed by atoms with Gasteiger partial charge in [-0.2, -0.15) is 0 Å². The molecule has 2 aromatic carbocycles. The van der Waals surface area contributed by atoms with E-state index in [0.29, 0.717) is 49.7 Å². The van der Waals surface area contributed by atoms with Crippen molar-refractivity contribution in [2.24, 2.45) is 11.8 Å². The van der Waals surface area contributed by atoms with Crippen LogP contribution in [0.2, 0.25) is 0 Å². The number of aliphatic hydroxyl groups is 1. The summed E-state index contributed by atoms with van der Waals surface area (Å²) in [6.07, 6.45) is 9.95. The van der Waals surface area contributed by atoms with E-state index in [2.05, 4.69) is 22.5 Å². The molecule has 2 saturated heterocycles. The third-order valence-corrected chi connectivity index (χ3v) is 9.98. The Morgan fingerprint density at radius 1 is 1.02 bits per heavy atom. The summed E-state index contributed by atoms with van der Waals surface area (Å²) in [7, 11) is 0. The van der Waals surface area contributed by atoms with E-state index in [4.69, 9.17) is 4.74 Å². The summed E-state index contributed by atoms with van der Waals surface area (Å²) in [5.41, 5.74) is 0.906. The quantitative estimate of drug-likeness (QED) is 0.306. The normalized spacial score (nSPS) is 22.4. The number of likely N-dealkylation sites (tertiary alicyclic amines) is 1. The van der Waals surface area contributed by atoms with Crippen molar-refractivity contribution in [3.05, 3.63) is 71.8 Å². The first kappa shape index (κ1) is 31.3. The van der Waals surface area contributed by atoms with Crippen LogP contribution in [0, 0.1) is 11.8 Å². The van der Waals surface area contributed by atoms with Gasteiger partial charge in [0.15, 0.2) is 0 Å². The molecule has 2 aliphatic carbocycles.